The van der Waals surface area contributed by atoms with E-state index in [0.29, 0.717) is 5.69 Å². The maximum absolute atomic E-state index is 11.6. The number of aromatic nitrogens is 2. The van der Waals surface area contributed by atoms with E-state index in [1.54, 1.807) is 19.0 Å². The Morgan fingerprint density at radius 1 is 1.73 bits per heavy atom. The molecule has 0 aliphatic heterocycles. The Labute approximate surface area is 87.1 Å². The van der Waals surface area contributed by atoms with Gasteiger partial charge in [-0.3, -0.25) is 4.79 Å². The van der Waals surface area contributed by atoms with Gasteiger partial charge in [-0.15, -0.1) is 0 Å². The van der Waals surface area contributed by atoms with Crippen LogP contribution < -0.4 is 9.79 Å². The van der Waals surface area contributed by atoms with Gasteiger partial charge in [0.1, 0.15) is 6.54 Å². The lowest BCUT2D eigenvalue weighted by Gasteiger charge is -2.14. The molecule has 2 rings (SSSR count). The van der Waals surface area contributed by atoms with Crippen molar-refractivity contribution in [3.8, 4) is 5.95 Å². The van der Waals surface area contributed by atoms with E-state index >= 15 is 0 Å². The van der Waals surface area contributed by atoms with Crippen molar-refractivity contribution in [1.82, 2.24) is 10.2 Å². The number of hydrogen-bond acceptors (Lipinski definition) is 4. The first-order valence-corrected chi connectivity index (χ1v) is 4.86. The largest absolute Gasteiger partial charge is 0.539 e. The van der Waals surface area contributed by atoms with Gasteiger partial charge in [0.2, 0.25) is 5.91 Å². The molecule has 1 amide bonds. The summed E-state index contributed by atoms with van der Waals surface area (Å²) in [6, 6.07) is 0. The average Bonchev–Trinajstić information content (AvgIpc) is 3.00. The van der Waals surface area contributed by atoms with Crippen LogP contribution in [0, 0.1) is 5.92 Å². The van der Waals surface area contributed by atoms with Crippen molar-refractivity contribution < 1.29 is 19.1 Å². The summed E-state index contributed by atoms with van der Waals surface area (Å²) in [6.07, 6.45) is 1.92. The Morgan fingerprint density at radius 3 is 2.87 bits per heavy atom. The van der Waals surface area contributed by atoms with E-state index in [0.717, 1.165) is 12.8 Å². The zero-order valence-electron chi connectivity index (χ0n) is 8.77. The third-order valence-electron chi connectivity index (χ3n) is 2.56. The standard InChI is InChI=1S/C9H13N3O3/c1-11(8(13)6-3-4-6)5-7-9(14)15-10-12(7)2/h6H,3-5H2,1-2H3. The van der Waals surface area contributed by atoms with Gasteiger partial charge >= 0.3 is 0 Å². The molecule has 0 atom stereocenters. The highest BCUT2D eigenvalue weighted by Crippen LogP contribution is 2.31. The Balaban J connectivity index is 2.04. The van der Waals surface area contributed by atoms with Crippen LogP contribution in [0.25, 0.3) is 0 Å². The summed E-state index contributed by atoms with van der Waals surface area (Å²) in [4.78, 5) is 13.2. The van der Waals surface area contributed by atoms with Crippen LogP contribution >= 0.6 is 0 Å². The lowest BCUT2D eigenvalue weighted by molar-refractivity contribution is -0.746. The molecule has 0 N–H and O–H groups in total. The van der Waals surface area contributed by atoms with Gasteiger partial charge in [0.15, 0.2) is 13.0 Å². The quantitative estimate of drug-likeness (QED) is 0.597. The highest BCUT2D eigenvalue weighted by Gasteiger charge is 2.33. The predicted molar refractivity (Wildman–Crippen MR) is 46.3 cm³/mol. The monoisotopic (exact) mass is 211 g/mol. The van der Waals surface area contributed by atoms with Gasteiger partial charge in [-0.2, -0.15) is 0 Å². The molecule has 1 aliphatic rings. The van der Waals surface area contributed by atoms with Crippen LogP contribution in [-0.4, -0.2) is 23.1 Å². The molecule has 0 unspecified atom stereocenters. The topological polar surface area (TPSA) is 73.3 Å². The van der Waals surface area contributed by atoms with Crippen molar-refractivity contribution in [3.05, 3.63) is 5.69 Å². The van der Waals surface area contributed by atoms with Gasteiger partial charge in [-0.05, 0) is 12.8 Å². The van der Waals surface area contributed by atoms with Crippen LogP contribution in [0.4, 0.5) is 0 Å². The summed E-state index contributed by atoms with van der Waals surface area (Å²) in [6.45, 7) is 0.258. The maximum Gasteiger partial charge on any atom is 0.252 e. The first-order chi connectivity index (χ1) is 7.09. The number of carbonyl (C=O) groups is 1. The molecule has 6 heteroatoms. The summed E-state index contributed by atoms with van der Waals surface area (Å²) in [5.74, 6) is -0.223. The number of hydrogen-bond donors (Lipinski definition) is 0. The van der Waals surface area contributed by atoms with E-state index < -0.39 is 5.95 Å². The number of carbonyl (C=O) groups excluding carboxylic acids is 1. The second-order valence-electron chi connectivity index (χ2n) is 3.90. The van der Waals surface area contributed by atoms with Crippen LogP contribution in [0.3, 0.4) is 0 Å². The third-order valence-corrected chi connectivity index (χ3v) is 2.56. The minimum atomic E-state index is -0.479. The summed E-state index contributed by atoms with van der Waals surface area (Å²) in [7, 11) is 3.31. The highest BCUT2D eigenvalue weighted by molar-refractivity contribution is 5.80. The Kier molecular flexibility index (Phi) is 2.34. The van der Waals surface area contributed by atoms with Gasteiger partial charge < -0.3 is 14.5 Å². The number of nitrogens with zero attached hydrogens (tertiary/aromatic N) is 3. The molecule has 1 saturated carbocycles. The van der Waals surface area contributed by atoms with E-state index in [1.807, 2.05) is 0 Å². The summed E-state index contributed by atoms with van der Waals surface area (Å²) in [5.41, 5.74) is 0.395. The zero-order chi connectivity index (χ0) is 11.0. The minimum absolute atomic E-state index is 0.0931. The number of aryl methyl sites for hydroxylation is 1. The lowest BCUT2D eigenvalue weighted by Crippen LogP contribution is -2.39. The average molecular weight is 211 g/mol. The molecular formula is C9H13N3O3. The first-order valence-electron chi connectivity index (χ1n) is 4.86. The molecule has 1 aromatic rings. The second kappa shape index (κ2) is 3.52. The van der Waals surface area contributed by atoms with E-state index in [4.69, 9.17) is 0 Å². The Morgan fingerprint density at radius 2 is 2.40 bits per heavy atom. The molecular weight excluding hydrogens is 198 g/mol. The fourth-order valence-corrected chi connectivity index (χ4v) is 1.44. The van der Waals surface area contributed by atoms with Gasteiger partial charge in [-0.25, -0.2) is 0 Å². The summed E-state index contributed by atoms with van der Waals surface area (Å²) < 4.78 is 5.83. The van der Waals surface area contributed by atoms with E-state index in [9.17, 15) is 9.90 Å². The molecule has 0 aromatic carbocycles. The van der Waals surface area contributed by atoms with Crippen LogP contribution in [0.5, 0.6) is 5.95 Å². The smallest absolute Gasteiger partial charge is 0.252 e. The molecule has 1 aromatic heterocycles. The van der Waals surface area contributed by atoms with Crippen LogP contribution in [0.2, 0.25) is 0 Å². The molecule has 15 heavy (non-hydrogen) atoms. The van der Waals surface area contributed by atoms with E-state index in [1.165, 1.54) is 4.68 Å². The second-order valence-corrected chi connectivity index (χ2v) is 3.90. The molecule has 0 spiro atoms. The molecule has 1 fully saturated rings. The van der Waals surface area contributed by atoms with Gasteiger partial charge in [0.05, 0.1) is 5.27 Å². The van der Waals surface area contributed by atoms with Crippen molar-refractivity contribution in [2.45, 2.75) is 19.4 Å². The van der Waals surface area contributed by atoms with Crippen molar-refractivity contribution >= 4 is 5.91 Å². The predicted octanol–water partition coefficient (Wildman–Crippen LogP) is -1.06. The van der Waals surface area contributed by atoms with Gasteiger partial charge in [0, 0.05) is 13.0 Å². The van der Waals surface area contributed by atoms with Crippen molar-refractivity contribution in [2.24, 2.45) is 13.0 Å². The van der Waals surface area contributed by atoms with E-state index in [-0.39, 0.29) is 18.4 Å². The van der Waals surface area contributed by atoms with Gasteiger partial charge in [-0.1, -0.05) is 4.68 Å². The normalized spacial score (nSPS) is 15.3. The molecule has 82 valence electrons. The van der Waals surface area contributed by atoms with Crippen molar-refractivity contribution in [2.75, 3.05) is 7.05 Å². The van der Waals surface area contributed by atoms with Crippen molar-refractivity contribution in [1.29, 1.82) is 0 Å². The summed E-state index contributed by atoms with van der Waals surface area (Å²) >= 11 is 0. The summed E-state index contributed by atoms with van der Waals surface area (Å²) in [5, 5.41) is 14.7. The Bertz CT molecular complexity index is 364. The molecule has 1 aliphatic carbocycles. The van der Waals surface area contributed by atoms with Crippen LogP contribution in [0.15, 0.2) is 4.52 Å². The van der Waals surface area contributed by atoms with Crippen molar-refractivity contribution in [3.63, 3.8) is 0 Å². The third kappa shape index (κ3) is 1.93. The molecule has 0 radical (unpaired) electrons. The fraction of sp³-hybridized carbons (Fsp3) is 0.667. The van der Waals surface area contributed by atoms with Crippen LogP contribution in [-0.2, 0) is 18.4 Å². The minimum Gasteiger partial charge on any atom is -0.539 e. The fourth-order valence-electron chi connectivity index (χ4n) is 1.44. The maximum atomic E-state index is 11.6. The van der Waals surface area contributed by atoms with E-state index in [2.05, 4.69) is 9.79 Å². The SMILES string of the molecule is CN(Cc1c([O-])on[n+]1C)C(=O)C1CC1. The number of rotatable bonds is 3. The lowest BCUT2D eigenvalue weighted by atomic mass is 10.3. The van der Waals surface area contributed by atoms with Crippen LogP contribution in [0.1, 0.15) is 18.5 Å². The Hall–Kier alpha value is -1.59. The van der Waals surface area contributed by atoms with Gasteiger partial charge in [0.25, 0.3) is 5.69 Å². The zero-order valence-corrected chi connectivity index (χ0v) is 8.77. The highest BCUT2D eigenvalue weighted by atomic mass is 16.6. The molecule has 0 bridgehead atoms. The molecule has 6 nitrogen and oxygen atoms in total. The molecule has 1 heterocycles. The first kappa shape index (κ1) is 9.95. The number of amides is 1. The molecule has 0 saturated heterocycles.